The highest BCUT2D eigenvalue weighted by atomic mass is 16.5. The summed E-state index contributed by atoms with van der Waals surface area (Å²) in [6.07, 6.45) is 7.82. The monoisotopic (exact) mass is 524 g/mol. The molecule has 0 aromatic heterocycles. The van der Waals surface area contributed by atoms with E-state index in [1.54, 1.807) is 0 Å². The van der Waals surface area contributed by atoms with E-state index in [-0.39, 0.29) is 49.8 Å². The lowest BCUT2D eigenvalue weighted by atomic mass is 9.70. The topological polar surface area (TPSA) is 127 Å². The lowest BCUT2D eigenvalue weighted by Gasteiger charge is -2.40. The lowest BCUT2D eigenvalue weighted by molar-refractivity contribution is -0.159. The molecule has 0 spiro atoms. The number of carboxylic acid groups (broad SMARTS) is 2. The number of esters is 2. The normalized spacial score (nSPS) is 28.9. The van der Waals surface area contributed by atoms with Gasteiger partial charge < -0.3 is 19.7 Å². The number of aliphatic carboxylic acids is 2. The Morgan fingerprint density at radius 3 is 1.97 bits per heavy atom. The van der Waals surface area contributed by atoms with Crippen LogP contribution in [0.3, 0.4) is 0 Å². The molecule has 2 fully saturated rings. The number of carbonyl (C=O) groups excluding carboxylic acids is 2. The van der Waals surface area contributed by atoms with Crippen molar-refractivity contribution in [2.24, 2.45) is 35.5 Å². The molecule has 0 aromatic rings. The second kappa shape index (κ2) is 15.3. The van der Waals surface area contributed by atoms with Crippen LogP contribution in [0, 0.1) is 35.5 Å². The average molecular weight is 525 g/mol. The Morgan fingerprint density at radius 1 is 0.757 bits per heavy atom. The largest absolute Gasteiger partial charge is 0.481 e. The predicted octanol–water partition coefficient (Wildman–Crippen LogP) is 5.85. The standard InChI is InChI=1S/C29H48O8/c1-18(2)22-13-11-21(17-25(22)37-28(34)7-5-6-26(30)31)10-9-20(4)23-12-8-19(3)16-24(23)36-29(35)15-14-27(32)33/h18-25H,5-17H2,1-4H3,(H,30,31)(H,32,33)/t19-,20?,21?,22+,23+,24-,25-/m1/s1. The highest BCUT2D eigenvalue weighted by Crippen LogP contribution is 2.41. The van der Waals surface area contributed by atoms with Gasteiger partial charge in [-0.25, -0.2) is 0 Å². The van der Waals surface area contributed by atoms with Gasteiger partial charge in [0.1, 0.15) is 12.2 Å². The molecule has 7 atom stereocenters. The summed E-state index contributed by atoms with van der Waals surface area (Å²) >= 11 is 0. The van der Waals surface area contributed by atoms with Crippen molar-refractivity contribution in [2.45, 2.75) is 123 Å². The minimum Gasteiger partial charge on any atom is -0.481 e. The van der Waals surface area contributed by atoms with E-state index in [2.05, 4.69) is 27.7 Å². The van der Waals surface area contributed by atoms with Crippen LogP contribution >= 0.6 is 0 Å². The lowest BCUT2D eigenvalue weighted by Crippen LogP contribution is -2.38. The van der Waals surface area contributed by atoms with Gasteiger partial charge in [-0.1, -0.05) is 47.0 Å². The van der Waals surface area contributed by atoms with Crippen molar-refractivity contribution in [3.05, 3.63) is 0 Å². The molecule has 0 radical (unpaired) electrons. The molecule has 2 N–H and O–H groups in total. The van der Waals surface area contributed by atoms with Crippen molar-refractivity contribution in [1.82, 2.24) is 0 Å². The van der Waals surface area contributed by atoms with Crippen LogP contribution in [0.1, 0.15) is 111 Å². The number of carboxylic acids is 2. The third-order valence-electron chi connectivity index (χ3n) is 8.55. The summed E-state index contributed by atoms with van der Waals surface area (Å²) in [6, 6.07) is 0. The van der Waals surface area contributed by atoms with E-state index in [1.165, 1.54) is 0 Å². The summed E-state index contributed by atoms with van der Waals surface area (Å²) in [5.41, 5.74) is 0. The molecule has 0 aromatic carbocycles. The van der Waals surface area contributed by atoms with E-state index in [4.69, 9.17) is 19.7 Å². The quantitative estimate of drug-likeness (QED) is 0.271. The zero-order valence-corrected chi connectivity index (χ0v) is 23.2. The Bertz CT molecular complexity index is 763. The molecule has 0 saturated heterocycles. The highest BCUT2D eigenvalue weighted by molar-refractivity contribution is 5.76. The van der Waals surface area contributed by atoms with Crippen LogP contribution in [0.4, 0.5) is 0 Å². The van der Waals surface area contributed by atoms with Gasteiger partial charge >= 0.3 is 23.9 Å². The van der Waals surface area contributed by atoms with Gasteiger partial charge in [0.2, 0.25) is 0 Å². The van der Waals surface area contributed by atoms with E-state index in [1.807, 2.05) is 0 Å². The molecule has 37 heavy (non-hydrogen) atoms. The zero-order chi connectivity index (χ0) is 27.5. The van der Waals surface area contributed by atoms with Crippen molar-refractivity contribution >= 4 is 23.9 Å². The summed E-state index contributed by atoms with van der Waals surface area (Å²) in [6.45, 7) is 8.74. The van der Waals surface area contributed by atoms with Gasteiger partial charge in [-0.2, -0.15) is 0 Å². The van der Waals surface area contributed by atoms with E-state index < -0.39 is 17.9 Å². The fourth-order valence-electron chi connectivity index (χ4n) is 6.30. The number of hydrogen-bond donors (Lipinski definition) is 2. The Balaban J connectivity index is 1.90. The van der Waals surface area contributed by atoms with Gasteiger partial charge in [0, 0.05) is 12.8 Å². The molecule has 0 bridgehead atoms. The van der Waals surface area contributed by atoms with E-state index in [0.29, 0.717) is 36.0 Å². The first kappa shape index (κ1) is 31.1. The minimum absolute atomic E-state index is 0.0241. The summed E-state index contributed by atoms with van der Waals surface area (Å²) in [4.78, 5) is 46.2. The molecule has 212 valence electrons. The van der Waals surface area contributed by atoms with Crippen LogP contribution in [0.15, 0.2) is 0 Å². The summed E-state index contributed by atoms with van der Waals surface area (Å²) < 4.78 is 11.7. The third kappa shape index (κ3) is 11.0. The first-order chi connectivity index (χ1) is 17.5. The Kier molecular flexibility index (Phi) is 12.9. The van der Waals surface area contributed by atoms with Crippen molar-refractivity contribution in [2.75, 3.05) is 0 Å². The fourth-order valence-corrected chi connectivity index (χ4v) is 6.30. The molecule has 2 aliphatic carbocycles. The summed E-state index contributed by atoms with van der Waals surface area (Å²) in [5, 5.41) is 17.7. The summed E-state index contributed by atoms with van der Waals surface area (Å²) in [5.74, 6) is -0.256. The molecular formula is C29H48O8. The molecular weight excluding hydrogens is 476 g/mol. The van der Waals surface area contributed by atoms with Gasteiger partial charge in [-0.15, -0.1) is 0 Å². The Labute approximate surface area is 221 Å². The van der Waals surface area contributed by atoms with Crippen molar-refractivity contribution in [3.63, 3.8) is 0 Å². The van der Waals surface area contributed by atoms with Crippen LogP contribution in [0.2, 0.25) is 0 Å². The maximum absolute atomic E-state index is 12.4. The van der Waals surface area contributed by atoms with Crippen LogP contribution in [0.25, 0.3) is 0 Å². The number of ether oxygens (including phenoxy) is 2. The smallest absolute Gasteiger partial charge is 0.306 e. The maximum atomic E-state index is 12.4. The molecule has 2 saturated carbocycles. The predicted molar refractivity (Wildman–Crippen MR) is 139 cm³/mol. The summed E-state index contributed by atoms with van der Waals surface area (Å²) in [7, 11) is 0. The van der Waals surface area contributed by atoms with Gasteiger partial charge in [0.15, 0.2) is 0 Å². The second-order valence-electron chi connectivity index (χ2n) is 11.9. The van der Waals surface area contributed by atoms with Crippen LogP contribution in [0.5, 0.6) is 0 Å². The number of hydrogen-bond acceptors (Lipinski definition) is 6. The average Bonchev–Trinajstić information content (AvgIpc) is 2.81. The molecule has 8 heteroatoms. The van der Waals surface area contributed by atoms with E-state index in [0.717, 1.165) is 51.4 Å². The molecule has 8 nitrogen and oxygen atoms in total. The van der Waals surface area contributed by atoms with Gasteiger partial charge in [0.05, 0.1) is 12.8 Å². The maximum Gasteiger partial charge on any atom is 0.306 e. The van der Waals surface area contributed by atoms with Crippen LogP contribution in [-0.2, 0) is 28.7 Å². The molecule has 0 aliphatic heterocycles. The van der Waals surface area contributed by atoms with Gasteiger partial charge in [-0.3, -0.25) is 19.2 Å². The first-order valence-electron chi connectivity index (χ1n) is 14.3. The number of carbonyl (C=O) groups is 4. The minimum atomic E-state index is -0.990. The van der Waals surface area contributed by atoms with Crippen LogP contribution < -0.4 is 0 Å². The Morgan fingerprint density at radius 2 is 1.35 bits per heavy atom. The zero-order valence-electron chi connectivity index (χ0n) is 23.2. The van der Waals surface area contributed by atoms with Gasteiger partial charge in [-0.05, 0) is 74.0 Å². The van der Waals surface area contributed by atoms with Gasteiger partial charge in [0.25, 0.3) is 0 Å². The van der Waals surface area contributed by atoms with E-state index in [9.17, 15) is 19.2 Å². The van der Waals surface area contributed by atoms with Crippen molar-refractivity contribution in [1.29, 1.82) is 0 Å². The first-order valence-corrected chi connectivity index (χ1v) is 14.3. The molecule has 0 amide bonds. The molecule has 2 unspecified atom stereocenters. The van der Waals surface area contributed by atoms with E-state index >= 15 is 0 Å². The fraction of sp³-hybridized carbons (Fsp3) is 0.862. The van der Waals surface area contributed by atoms with Crippen molar-refractivity contribution < 1.29 is 38.9 Å². The molecule has 0 heterocycles. The van der Waals surface area contributed by atoms with Crippen molar-refractivity contribution in [3.8, 4) is 0 Å². The SMILES string of the molecule is CC(C)[C@@H]1CCC(CCC(C)[C@@H]2CC[C@@H](C)C[C@H]2OC(=O)CCC(=O)O)C[C@H]1OC(=O)CCCC(=O)O. The highest BCUT2D eigenvalue weighted by Gasteiger charge is 2.37. The second-order valence-corrected chi connectivity index (χ2v) is 11.9. The molecule has 2 aliphatic rings. The third-order valence-corrected chi connectivity index (χ3v) is 8.55. The Hall–Kier alpha value is -2.12. The van der Waals surface area contributed by atoms with Crippen LogP contribution in [-0.4, -0.2) is 46.3 Å². The number of rotatable bonds is 14. The molecule has 2 rings (SSSR count).